The summed E-state index contributed by atoms with van der Waals surface area (Å²) in [6.07, 6.45) is 0. The molecule has 0 aromatic heterocycles. The van der Waals surface area contributed by atoms with Gasteiger partial charge in [0, 0.05) is 40.4 Å². The molecule has 2 rings (SSSR count). The van der Waals surface area contributed by atoms with E-state index in [1.54, 1.807) is 12.1 Å². The average Bonchev–Trinajstić information content (AvgIpc) is 2.29. The van der Waals surface area contributed by atoms with Gasteiger partial charge < -0.3 is 0 Å². The molecule has 1 fully saturated rings. The fraction of sp³-hybridized carbons (Fsp3) is 0.400. The molecular formula is C10H12ClNO3S2. The highest BCUT2D eigenvalue weighted by molar-refractivity contribution is 7.89. The number of hydrogen-bond acceptors (Lipinski definition) is 3. The van der Waals surface area contributed by atoms with Crippen molar-refractivity contribution in [2.45, 2.75) is 4.90 Å². The summed E-state index contributed by atoms with van der Waals surface area (Å²) in [4.78, 5) is 0.192. The van der Waals surface area contributed by atoms with Crippen LogP contribution >= 0.6 is 11.6 Å². The third-order valence-electron chi connectivity index (χ3n) is 2.57. The molecule has 7 heteroatoms. The van der Waals surface area contributed by atoms with E-state index in [4.69, 9.17) is 11.6 Å². The maximum absolute atomic E-state index is 12.2. The van der Waals surface area contributed by atoms with Crippen LogP contribution in [0.3, 0.4) is 0 Å². The molecule has 0 N–H and O–H groups in total. The Labute approximate surface area is 108 Å². The Balaban J connectivity index is 2.27. The molecule has 1 aliphatic heterocycles. The van der Waals surface area contributed by atoms with Crippen LogP contribution in [-0.2, 0) is 20.8 Å². The Morgan fingerprint density at radius 1 is 1.24 bits per heavy atom. The van der Waals surface area contributed by atoms with Crippen LogP contribution in [0.1, 0.15) is 0 Å². The van der Waals surface area contributed by atoms with Gasteiger partial charge in [-0.1, -0.05) is 17.7 Å². The van der Waals surface area contributed by atoms with Crippen molar-refractivity contribution in [3.63, 3.8) is 0 Å². The lowest BCUT2D eigenvalue weighted by Crippen LogP contribution is -2.41. The van der Waals surface area contributed by atoms with Crippen molar-refractivity contribution in [2.24, 2.45) is 0 Å². The van der Waals surface area contributed by atoms with Crippen molar-refractivity contribution in [3.8, 4) is 0 Å². The summed E-state index contributed by atoms with van der Waals surface area (Å²) >= 11 is 5.78. The highest BCUT2D eigenvalue weighted by Gasteiger charge is 2.27. The van der Waals surface area contributed by atoms with E-state index in [9.17, 15) is 12.6 Å². The second-order valence-corrected chi connectivity index (χ2v) is 7.78. The predicted molar refractivity (Wildman–Crippen MR) is 68.1 cm³/mol. The van der Waals surface area contributed by atoms with E-state index < -0.39 is 20.8 Å². The van der Waals surface area contributed by atoms with E-state index in [1.807, 2.05) is 0 Å². The largest absolute Gasteiger partial charge is 0.259 e. The summed E-state index contributed by atoms with van der Waals surface area (Å²) in [5, 5.41) is 0.395. The minimum atomic E-state index is -3.49. The van der Waals surface area contributed by atoms with Crippen LogP contribution < -0.4 is 0 Å². The molecular weight excluding hydrogens is 282 g/mol. The van der Waals surface area contributed by atoms with Gasteiger partial charge in [-0.25, -0.2) is 8.42 Å². The van der Waals surface area contributed by atoms with Crippen molar-refractivity contribution >= 4 is 32.4 Å². The van der Waals surface area contributed by atoms with E-state index in [1.165, 1.54) is 16.4 Å². The van der Waals surface area contributed by atoms with E-state index in [0.29, 0.717) is 29.6 Å². The van der Waals surface area contributed by atoms with Crippen LogP contribution in [-0.4, -0.2) is 41.5 Å². The first kappa shape index (κ1) is 13.0. The monoisotopic (exact) mass is 293 g/mol. The van der Waals surface area contributed by atoms with E-state index >= 15 is 0 Å². The van der Waals surface area contributed by atoms with E-state index in [0.717, 1.165) is 0 Å². The summed E-state index contributed by atoms with van der Waals surface area (Å²) in [5.74, 6) is 0.805. The van der Waals surface area contributed by atoms with E-state index in [2.05, 4.69) is 0 Å². The summed E-state index contributed by atoms with van der Waals surface area (Å²) in [5.41, 5.74) is 0. The van der Waals surface area contributed by atoms with Crippen molar-refractivity contribution in [1.29, 1.82) is 0 Å². The maximum atomic E-state index is 12.2. The molecule has 0 unspecified atom stereocenters. The lowest BCUT2D eigenvalue weighted by atomic mass is 10.4. The first-order valence-electron chi connectivity index (χ1n) is 5.11. The zero-order valence-electron chi connectivity index (χ0n) is 9.00. The number of rotatable bonds is 2. The summed E-state index contributed by atoms with van der Waals surface area (Å²) in [6, 6.07) is 6.19. The third-order valence-corrected chi connectivity index (χ3v) is 5.98. The quantitative estimate of drug-likeness (QED) is 0.820. The smallest absolute Gasteiger partial charge is 0.243 e. The van der Waals surface area contributed by atoms with Crippen molar-refractivity contribution in [2.75, 3.05) is 24.6 Å². The SMILES string of the molecule is O=S1CCN(S(=O)(=O)c2cccc(Cl)c2)CC1. The fourth-order valence-electron chi connectivity index (χ4n) is 1.64. The van der Waals surface area contributed by atoms with Gasteiger partial charge in [-0.3, -0.25) is 4.21 Å². The van der Waals surface area contributed by atoms with Gasteiger partial charge in [0.1, 0.15) is 0 Å². The Kier molecular flexibility index (Phi) is 3.87. The van der Waals surface area contributed by atoms with Gasteiger partial charge in [0.05, 0.1) is 4.90 Å². The molecule has 1 saturated heterocycles. The van der Waals surface area contributed by atoms with Crippen molar-refractivity contribution in [1.82, 2.24) is 4.31 Å². The predicted octanol–water partition coefficient (Wildman–Crippen LogP) is 1.09. The number of benzene rings is 1. The van der Waals surface area contributed by atoms with Crippen LogP contribution in [0, 0.1) is 0 Å². The molecule has 0 aliphatic carbocycles. The van der Waals surface area contributed by atoms with Gasteiger partial charge in [0.2, 0.25) is 10.0 Å². The van der Waals surface area contributed by atoms with Crippen LogP contribution in [0.5, 0.6) is 0 Å². The zero-order chi connectivity index (χ0) is 12.5. The average molecular weight is 294 g/mol. The second-order valence-electron chi connectivity index (χ2n) is 3.71. The van der Waals surface area contributed by atoms with Crippen molar-refractivity contribution < 1.29 is 12.6 Å². The van der Waals surface area contributed by atoms with Gasteiger partial charge in [-0.2, -0.15) is 4.31 Å². The Morgan fingerprint density at radius 2 is 1.88 bits per heavy atom. The molecule has 1 aromatic rings. The number of nitrogens with zero attached hydrogens (tertiary/aromatic N) is 1. The minimum Gasteiger partial charge on any atom is -0.259 e. The van der Waals surface area contributed by atoms with Crippen LogP contribution in [0.2, 0.25) is 5.02 Å². The lowest BCUT2D eigenvalue weighted by Gasteiger charge is -2.25. The van der Waals surface area contributed by atoms with Crippen LogP contribution in [0.25, 0.3) is 0 Å². The number of halogens is 1. The Bertz CT molecular complexity index is 534. The normalized spacial score (nSPS) is 19.4. The van der Waals surface area contributed by atoms with E-state index in [-0.39, 0.29) is 4.90 Å². The fourth-order valence-corrected chi connectivity index (χ4v) is 4.66. The molecule has 0 amide bonds. The molecule has 1 heterocycles. The highest BCUT2D eigenvalue weighted by atomic mass is 35.5. The molecule has 0 spiro atoms. The van der Waals surface area contributed by atoms with Crippen LogP contribution in [0.4, 0.5) is 0 Å². The van der Waals surface area contributed by atoms with Gasteiger partial charge >= 0.3 is 0 Å². The molecule has 1 aromatic carbocycles. The Hall–Kier alpha value is -0.430. The molecule has 94 valence electrons. The summed E-state index contributed by atoms with van der Waals surface area (Å²) in [6.45, 7) is 0.614. The third kappa shape index (κ3) is 2.88. The van der Waals surface area contributed by atoms with Gasteiger partial charge in [0.25, 0.3) is 0 Å². The molecule has 1 aliphatic rings. The van der Waals surface area contributed by atoms with Crippen molar-refractivity contribution in [3.05, 3.63) is 29.3 Å². The first-order valence-corrected chi connectivity index (χ1v) is 8.41. The summed E-state index contributed by atoms with van der Waals surface area (Å²) in [7, 11) is -4.38. The standard InChI is InChI=1S/C10H12ClNO3S2/c11-9-2-1-3-10(8-9)17(14,15)12-4-6-16(13)7-5-12/h1-3,8H,4-7H2. The second kappa shape index (κ2) is 5.06. The first-order chi connectivity index (χ1) is 8.00. The number of hydrogen-bond donors (Lipinski definition) is 0. The maximum Gasteiger partial charge on any atom is 0.243 e. The molecule has 0 radical (unpaired) electrons. The molecule has 0 saturated carbocycles. The molecule has 0 atom stereocenters. The molecule has 0 bridgehead atoms. The molecule has 17 heavy (non-hydrogen) atoms. The van der Waals surface area contributed by atoms with Crippen LogP contribution in [0.15, 0.2) is 29.2 Å². The minimum absolute atomic E-state index is 0.192. The van der Waals surface area contributed by atoms with Gasteiger partial charge in [-0.05, 0) is 18.2 Å². The van der Waals surface area contributed by atoms with Gasteiger partial charge in [0.15, 0.2) is 0 Å². The highest BCUT2D eigenvalue weighted by Crippen LogP contribution is 2.20. The Morgan fingerprint density at radius 3 is 2.47 bits per heavy atom. The zero-order valence-corrected chi connectivity index (χ0v) is 11.4. The molecule has 4 nitrogen and oxygen atoms in total. The lowest BCUT2D eigenvalue weighted by molar-refractivity contribution is 0.438. The number of sulfonamides is 1. The van der Waals surface area contributed by atoms with Gasteiger partial charge in [-0.15, -0.1) is 0 Å². The summed E-state index contributed by atoms with van der Waals surface area (Å²) < 4.78 is 37.0. The topological polar surface area (TPSA) is 54.5 Å².